The molecule has 4 rings (SSSR count). The molecule has 3 aromatic rings. The smallest absolute Gasteiger partial charge is 0.321 e. The number of urea groups is 1. The van der Waals surface area contributed by atoms with E-state index in [0.29, 0.717) is 36.3 Å². The molecular weight excluding hydrogens is 402 g/mol. The molecule has 1 aliphatic heterocycles. The zero-order valence-electron chi connectivity index (χ0n) is 17.1. The Balaban J connectivity index is 1.32. The molecule has 2 aromatic carbocycles. The van der Waals surface area contributed by atoms with Gasteiger partial charge in [0.2, 0.25) is 0 Å². The number of para-hydroxylation sites is 2. The van der Waals surface area contributed by atoms with Crippen molar-refractivity contribution in [1.82, 2.24) is 9.88 Å². The number of fused-ring (bicyclic) bond motifs is 1. The number of hydrogen-bond donors (Lipinski definition) is 1. The van der Waals surface area contributed by atoms with E-state index < -0.39 is 0 Å². The summed E-state index contributed by atoms with van der Waals surface area (Å²) < 4.78 is 18.0. The predicted molar refractivity (Wildman–Crippen MR) is 118 cm³/mol. The summed E-state index contributed by atoms with van der Waals surface area (Å²) in [5.41, 5.74) is 1.59. The van der Waals surface area contributed by atoms with Crippen LogP contribution in [0.4, 0.5) is 10.5 Å². The number of rotatable bonds is 6. The quantitative estimate of drug-likeness (QED) is 0.613. The Bertz CT molecular complexity index is 1010. The molecule has 8 heteroatoms. The Labute approximate surface area is 179 Å². The van der Waals surface area contributed by atoms with Gasteiger partial charge >= 0.3 is 6.03 Å². The molecule has 1 N–H and O–H groups in total. The lowest BCUT2D eigenvalue weighted by molar-refractivity contribution is 0.115. The summed E-state index contributed by atoms with van der Waals surface area (Å²) >= 11 is 1.52. The largest absolute Gasteiger partial charge is 0.497 e. The number of carbonyl (C=O) groups is 1. The van der Waals surface area contributed by atoms with Crippen LogP contribution in [-0.2, 0) is 0 Å². The molecule has 0 atom stereocenters. The molecule has 1 aliphatic rings. The van der Waals surface area contributed by atoms with Gasteiger partial charge in [0.15, 0.2) is 0 Å². The van der Waals surface area contributed by atoms with Crippen LogP contribution in [0.3, 0.4) is 0 Å². The average Bonchev–Trinajstić information content (AvgIpc) is 3.17. The zero-order valence-corrected chi connectivity index (χ0v) is 17.9. The fourth-order valence-corrected chi connectivity index (χ4v) is 4.34. The van der Waals surface area contributed by atoms with Crippen molar-refractivity contribution in [3.8, 4) is 16.7 Å². The second-order valence-corrected chi connectivity index (χ2v) is 7.97. The second kappa shape index (κ2) is 9.21. The van der Waals surface area contributed by atoms with Gasteiger partial charge in [-0.05, 0) is 37.3 Å². The summed E-state index contributed by atoms with van der Waals surface area (Å²) in [5, 5.41) is 3.62. The number of hydrogen-bond acceptors (Lipinski definition) is 6. The number of amides is 2. The van der Waals surface area contributed by atoms with Crippen LogP contribution in [0.2, 0.25) is 0 Å². The third-order valence-corrected chi connectivity index (χ3v) is 5.91. The summed E-state index contributed by atoms with van der Waals surface area (Å²) in [6, 6.07) is 13.2. The Kier molecular flexibility index (Phi) is 6.23. The molecule has 0 saturated carbocycles. The Morgan fingerprint density at radius 3 is 2.80 bits per heavy atom. The predicted octanol–water partition coefficient (Wildman–Crippen LogP) is 4.78. The number of methoxy groups -OCH3 is 1. The molecular formula is C22H25N3O4S. The molecule has 158 valence electrons. The van der Waals surface area contributed by atoms with Crippen molar-refractivity contribution in [2.24, 2.45) is 0 Å². The van der Waals surface area contributed by atoms with Gasteiger partial charge in [-0.25, -0.2) is 9.78 Å². The van der Waals surface area contributed by atoms with E-state index in [2.05, 4.69) is 10.3 Å². The van der Waals surface area contributed by atoms with Crippen LogP contribution in [0.1, 0.15) is 19.8 Å². The van der Waals surface area contributed by atoms with Gasteiger partial charge in [0.25, 0.3) is 5.19 Å². The number of anilines is 1. The number of ether oxygens (including phenoxy) is 3. The van der Waals surface area contributed by atoms with Gasteiger partial charge in [-0.1, -0.05) is 23.5 Å². The van der Waals surface area contributed by atoms with Crippen LogP contribution in [0.15, 0.2) is 42.5 Å². The highest BCUT2D eigenvalue weighted by atomic mass is 32.1. The lowest BCUT2D eigenvalue weighted by Crippen LogP contribution is -2.43. The highest BCUT2D eigenvalue weighted by Gasteiger charge is 2.25. The van der Waals surface area contributed by atoms with Gasteiger partial charge in [-0.3, -0.25) is 0 Å². The highest BCUT2D eigenvalue weighted by molar-refractivity contribution is 7.20. The molecule has 1 saturated heterocycles. The molecule has 7 nitrogen and oxygen atoms in total. The van der Waals surface area contributed by atoms with Crippen LogP contribution in [-0.4, -0.2) is 48.8 Å². The maximum Gasteiger partial charge on any atom is 0.321 e. The first-order valence-corrected chi connectivity index (χ1v) is 10.9. The van der Waals surface area contributed by atoms with E-state index in [0.717, 1.165) is 28.8 Å². The van der Waals surface area contributed by atoms with Crippen molar-refractivity contribution in [2.45, 2.75) is 25.9 Å². The first-order valence-electron chi connectivity index (χ1n) is 10.0. The van der Waals surface area contributed by atoms with Crippen molar-refractivity contribution >= 4 is 33.3 Å². The van der Waals surface area contributed by atoms with Gasteiger partial charge in [0, 0.05) is 25.9 Å². The van der Waals surface area contributed by atoms with Crippen molar-refractivity contribution in [2.75, 3.05) is 32.1 Å². The van der Waals surface area contributed by atoms with E-state index in [1.165, 1.54) is 11.3 Å². The minimum Gasteiger partial charge on any atom is -0.497 e. The first kappa shape index (κ1) is 20.3. The Hall–Kier alpha value is -3.00. The molecule has 0 spiro atoms. The number of benzene rings is 2. The third kappa shape index (κ3) is 4.59. The van der Waals surface area contributed by atoms with E-state index >= 15 is 0 Å². The minimum atomic E-state index is -0.118. The number of aromatic nitrogens is 1. The van der Waals surface area contributed by atoms with Crippen LogP contribution in [0, 0.1) is 0 Å². The average molecular weight is 428 g/mol. The van der Waals surface area contributed by atoms with E-state index in [1.54, 1.807) is 7.11 Å². The summed E-state index contributed by atoms with van der Waals surface area (Å²) in [4.78, 5) is 19.0. The van der Waals surface area contributed by atoms with E-state index in [1.807, 2.05) is 54.3 Å². The van der Waals surface area contributed by atoms with Gasteiger partial charge in [0.05, 0.1) is 29.6 Å². The lowest BCUT2D eigenvalue weighted by atomic mass is 10.1. The summed E-state index contributed by atoms with van der Waals surface area (Å²) in [5.74, 6) is 1.49. The number of likely N-dealkylation sites (tertiary alicyclic amines) is 1. The summed E-state index contributed by atoms with van der Waals surface area (Å²) in [6.07, 6.45) is 1.58. The van der Waals surface area contributed by atoms with E-state index in [-0.39, 0.29) is 12.1 Å². The highest BCUT2D eigenvalue weighted by Crippen LogP contribution is 2.32. The topological polar surface area (TPSA) is 72.9 Å². The molecule has 0 radical (unpaired) electrons. The Morgan fingerprint density at radius 2 is 2.03 bits per heavy atom. The molecule has 2 heterocycles. The van der Waals surface area contributed by atoms with Crippen molar-refractivity contribution < 1.29 is 19.0 Å². The van der Waals surface area contributed by atoms with Gasteiger partial charge in [-0.2, -0.15) is 0 Å². The molecule has 1 fully saturated rings. The van der Waals surface area contributed by atoms with Crippen LogP contribution in [0.25, 0.3) is 10.2 Å². The summed E-state index contributed by atoms with van der Waals surface area (Å²) in [6.45, 7) is 3.73. The van der Waals surface area contributed by atoms with Crippen LogP contribution in [0.5, 0.6) is 16.7 Å². The number of piperidine rings is 1. The zero-order chi connectivity index (χ0) is 20.9. The number of thiazole rings is 1. The molecule has 30 heavy (non-hydrogen) atoms. The fraction of sp³-hybridized carbons (Fsp3) is 0.364. The van der Waals surface area contributed by atoms with Crippen LogP contribution >= 0.6 is 11.3 Å². The minimum absolute atomic E-state index is 0.0484. The maximum atomic E-state index is 12.7. The Morgan fingerprint density at radius 1 is 1.23 bits per heavy atom. The van der Waals surface area contributed by atoms with Crippen molar-refractivity contribution in [1.29, 1.82) is 0 Å². The third-order valence-electron chi connectivity index (χ3n) is 5.00. The molecule has 0 bridgehead atoms. The molecule has 2 amide bonds. The lowest BCUT2D eigenvalue weighted by Gasteiger charge is -2.31. The standard InChI is InChI=1S/C22H25N3O4S/c1-3-28-19-7-5-4-6-17(19)23-21(26)25-12-10-15(11-13-25)29-22-24-18-9-8-16(27-2)14-20(18)30-22/h4-9,14-15H,3,10-13H2,1-2H3,(H,23,26). The second-order valence-electron chi connectivity index (χ2n) is 6.98. The van der Waals surface area contributed by atoms with Crippen molar-refractivity contribution in [3.05, 3.63) is 42.5 Å². The monoisotopic (exact) mass is 427 g/mol. The van der Waals surface area contributed by atoms with Gasteiger partial charge in [0.1, 0.15) is 17.6 Å². The normalized spacial score (nSPS) is 14.5. The van der Waals surface area contributed by atoms with Crippen molar-refractivity contribution in [3.63, 3.8) is 0 Å². The molecule has 1 aromatic heterocycles. The number of nitrogens with one attached hydrogen (secondary N) is 1. The SMILES string of the molecule is CCOc1ccccc1NC(=O)N1CCC(Oc2nc3ccc(OC)cc3s2)CC1. The summed E-state index contributed by atoms with van der Waals surface area (Å²) in [7, 11) is 1.65. The van der Waals surface area contributed by atoms with E-state index in [9.17, 15) is 4.79 Å². The molecule has 0 unspecified atom stereocenters. The molecule has 0 aliphatic carbocycles. The fourth-order valence-electron chi connectivity index (χ4n) is 3.43. The van der Waals surface area contributed by atoms with E-state index in [4.69, 9.17) is 14.2 Å². The van der Waals surface area contributed by atoms with Gasteiger partial charge in [-0.15, -0.1) is 0 Å². The van der Waals surface area contributed by atoms with Gasteiger partial charge < -0.3 is 24.4 Å². The number of nitrogens with zero attached hydrogens (tertiary/aromatic N) is 2. The maximum absolute atomic E-state index is 12.7. The van der Waals surface area contributed by atoms with Crippen LogP contribution < -0.4 is 19.5 Å². The number of carbonyl (C=O) groups excluding carboxylic acids is 1. The first-order chi connectivity index (χ1) is 14.7.